The van der Waals surface area contributed by atoms with E-state index < -0.39 is 0 Å². The fourth-order valence-corrected chi connectivity index (χ4v) is 2.65. The van der Waals surface area contributed by atoms with Crippen molar-refractivity contribution in [2.45, 2.75) is 31.3 Å². The van der Waals surface area contributed by atoms with Gasteiger partial charge in [-0.1, -0.05) is 41.2 Å². The lowest BCUT2D eigenvalue weighted by Crippen LogP contribution is -1.98. The Morgan fingerprint density at radius 2 is 2.14 bits per heavy atom. The predicted molar refractivity (Wildman–Crippen MR) is 77.5 cm³/mol. The lowest BCUT2D eigenvalue weighted by atomic mass is 10.1. The maximum Gasteiger partial charge on any atom is 0.237 e. The fraction of sp³-hybridized carbons (Fsp3) is 0.308. The summed E-state index contributed by atoms with van der Waals surface area (Å²) in [6, 6.07) is 7.95. The average Bonchev–Trinajstić information content (AvgIpc) is 3.14. The Bertz CT molecular complexity index is 738. The Kier molecular flexibility index (Phi) is 3.96. The molecule has 0 saturated carbocycles. The summed E-state index contributed by atoms with van der Waals surface area (Å²) in [6.07, 6.45) is 0. The zero-order chi connectivity index (χ0) is 14.7. The lowest BCUT2D eigenvalue weighted by molar-refractivity contribution is 0.391. The monoisotopic (exact) mass is 302 g/mol. The molecule has 0 amide bonds. The first kappa shape index (κ1) is 13.7. The maximum atomic E-state index is 5.29. The van der Waals surface area contributed by atoms with E-state index in [-0.39, 0.29) is 0 Å². The number of nitrogens with zero attached hydrogens (tertiary/aromatic N) is 6. The van der Waals surface area contributed by atoms with Crippen LogP contribution in [0.15, 0.2) is 33.9 Å². The molecule has 0 bridgehead atoms. The number of aryl methyl sites for hydroxylation is 2. The quantitative estimate of drug-likeness (QED) is 0.669. The zero-order valence-corrected chi connectivity index (χ0v) is 12.5. The summed E-state index contributed by atoms with van der Waals surface area (Å²) >= 11 is 1.47. The third-order valence-corrected chi connectivity index (χ3v) is 3.92. The summed E-state index contributed by atoms with van der Waals surface area (Å²) in [5.41, 5.74) is 2.10. The number of aromatic nitrogens is 6. The first-order chi connectivity index (χ1) is 10.3. The second kappa shape index (κ2) is 6.04. The van der Waals surface area contributed by atoms with Crippen molar-refractivity contribution in [3.05, 3.63) is 35.7 Å². The van der Waals surface area contributed by atoms with Crippen LogP contribution in [0.1, 0.15) is 18.4 Å². The Morgan fingerprint density at radius 1 is 1.29 bits per heavy atom. The third kappa shape index (κ3) is 2.94. The number of tetrazole rings is 1. The van der Waals surface area contributed by atoms with Crippen molar-refractivity contribution in [1.29, 1.82) is 0 Å². The van der Waals surface area contributed by atoms with Crippen molar-refractivity contribution in [1.82, 2.24) is 30.3 Å². The molecule has 0 fully saturated rings. The van der Waals surface area contributed by atoms with E-state index in [2.05, 4.69) is 25.7 Å². The van der Waals surface area contributed by atoms with Gasteiger partial charge in [-0.15, -0.1) is 5.10 Å². The van der Waals surface area contributed by atoms with Crippen molar-refractivity contribution in [3.63, 3.8) is 0 Å². The zero-order valence-electron chi connectivity index (χ0n) is 11.7. The van der Waals surface area contributed by atoms with Crippen molar-refractivity contribution in [2.75, 3.05) is 0 Å². The van der Waals surface area contributed by atoms with Crippen LogP contribution in [0.5, 0.6) is 0 Å². The number of rotatable bonds is 5. The molecule has 0 aliphatic heterocycles. The Labute approximate surface area is 125 Å². The lowest BCUT2D eigenvalue weighted by Gasteiger charge is -1.98. The molecule has 0 N–H and O–H groups in total. The van der Waals surface area contributed by atoms with Crippen molar-refractivity contribution in [2.24, 2.45) is 0 Å². The predicted octanol–water partition coefficient (Wildman–Crippen LogP) is 2.34. The van der Waals surface area contributed by atoms with E-state index in [1.165, 1.54) is 11.8 Å². The summed E-state index contributed by atoms with van der Waals surface area (Å²) in [5, 5.41) is 16.3. The maximum absolute atomic E-state index is 5.29. The summed E-state index contributed by atoms with van der Waals surface area (Å²) in [7, 11) is 0. The normalized spacial score (nSPS) is 11.0. The molecule has 1 aromatic carbocycles. The smallest absolute Gasteiger partial charge is 0.237 e. The topological polar surface area (TPSA) is 82.5 Å². The SMILES string of the molecule is CCn1nnnc1SCc1nc(-c2ccccc2C)no1. The van der Waals surface area contributed by atoms with Gasteiger partial charge in [-0.25, -0.2) is 4.68 Å². The first-order valence-electron chi connectivity index (χ1n) is 6.55. The summed E-state index contributed by atoms with van der Waals surface area (Å²) in [4.78, 5) is 4.42. The average molecular weight is 302 g/mol. The first-order valence-corrected chi connectivity index (χ1v) is 7.54. The second-order valence-electron chi connectivity index (χ2n) is 4.39. The van der Waals surface area contributed by atoms with E-state index >= 15 is 0 Å². The van der Waals surface area contributed by atoms with E-state index in [4.69, 9.17) is 4.52 Å². The van der Waals surface area contributed by atoms with Crippen LogP contribution in [0.4, 0.5) is 0 Å². The molecule has 2 aromatic heterocycles. The summed E-state index contributed by atoms with van der Waals surface area (Å²) in [5.74, 6) is 1.71. The minimum Gasteiger partial charge on any atom is -0.338 e. The summed E-state index contributed by atoms with van der Waals surface area (Å²) in [6.45, 7) is 4.74. The molecule has 0 unspecified atom stereocenters. The third-order valence-electron chi connectivity index (χ3n) is 2.98. The highest BCUT2D eigenvalue weighted by molar-refractivity contribution is 7.98. The number of benzene rings is 1. The molecule has 0 atom stereocenters. The molecule has 0 radical (unpaired) electrons. The van der Waals surface area contributed by atoms with Gasteiger partial charge in [0.25, 0.3) is 0 Å². The fourth-order valence-electron chi connectivity index (χ4n) is 1.87. The molecule has 2 heterocycles. The van der Waals surface area contributed by atoms with Gasteiger partial charge in [0.2, 0.25) is 16.9 Å². The minimum absolute atomic E-state index is 0.541. The van der Waals surface area contributed by atoms with Crippen molar-refractivity contribution in [3.8, 4) is 11.4 Å². The molecule has 8 heteroatoms. The molecule has 0 spiro atoms. The molecular formula is C13H14N6OS. The second-order valence-corrected chi connectivity index (χ2v) is 5.34. The Balaban J connectivity index is 1.73. The summed E-state index contributed by atoms with van der Waals surface area (Å²) < 4.78 is 7.01. The molecule has 3 aromatic rings. The van der Waals surface area contributed by atoms with Crippen LogP contribution >= 0.6 is 11.8 Å². The number of thioether (sulfide) groups is 1. The largest absolute Gasteiger partial charge is 0.338 e. The molecule has 0 aliphatic rings. The highest BCUT2D eigenvalue weighted by Crippen LogP contribution is 2.23. The number of hydrogen-bond acceptors (Lipinski definition) is 7. The van der Waals surface area contributed by atoms with Gasteiger partial charge < -0.3 is 4.52 Å². The van der Waals surface area contributed by atoms with Crippen molar-refractivity contribution < 1.29 is 4.52 Å². The van der Waals surface area contributed by atoms with Crippen LogP contribution < -0.4 is 0 Å². The van der Waals surface area contributed by atoms with Gasteiger partial charge in [0.1, 0.15) is 0 Å². The van der Waals surface area contributed by atoms with Gasteiger partial charge in [0.15, 0.2) is 0 Å². The van der Waals surface area contributed by atoms with E-state index in [1.807, 2.05) is 38.1 Å². The molecule has 108 valence electrons. The molecule has 0 saturated heterocycles. The van der Waals surface area contributed by atoms with Gasteiger partial charge >= 0.3 is 0 Å². The van der Waals surface area contributed by atoms with E-state index in [9.17, 15) is 0 Å². The highest BCUT2D eigenvalue weighted by atomic mass is 32.2. The van der Waals surface area contributed by atoms with Gasteiger partial charge in [0, 0.05) is 12.1 Å². The molecule has 21 heavy (non-hydrogen) atoms. The van der Waals surface area contributed by atoms with Gasteiger partial charge in [-0.3, -0.25) is 0 Å². The van der Waals surface area contributed by atoms with Crippen LogP contribution in [0.25, 0.3) is 11.4 Å². The number of hydrogen-bond donors (Lipinski definition) is 0. The molecular weight excluding hydrogens is 288 g/mol. The van der Waals surface area contributed by atoms with Gasteiger partial charge in [-0.2, -0.15) is 4.98 Å². The van der Waals surface area contributed by atoms with Crippen LogP contribution in [0.3, 0.4) is 0 Å². The van der Waals surface area contributed by atoms with E-state index in [0.29, 0.717) is 17.5 Å². The minimum atomic E-state index is 0.541. The molecule has 7 nitrogen and oxygen atoms in total. The van der Waals surface area contributed by atoms with Crippen LogP contribution in [-0.2, 0) is 12.3 Å². The van der Waals surface area contributed by atoms with E-state index in [1.54, 1.807) is 4.68 Å². The van der Waals surface area contributed by atoms with Crippen LogP contribution in [-0.4, -0.2) is 30.3 Å². The Morgan fingerprint density at radius 3 is 2.95 bits per heavy atom. The highest BCUT2D eigenvalue weighted by Gasteiger charge is 2.12. The van der Waals surface area contributed by atoms with Crippen LogP contribution in [0.2, 0.25) is 0 Å². The standard InChI is InChI=1S/C13H14N6OS/c1-3-19-13(15-17-18-19)21-8-11-14-12(16-20-11)10-7-5-4-6-9(10)2/h4-7H,3,8H2,1-2H3. The van der Waals surface area contributed by atoms with Crippen molar-refractivity contribution >= 4 is 11.8 Å². The van der Waals surface area contributed by atoms with Crippen LogP contribution in [0, 0.1) is 6.92 Å². The van der Waals surface area contributed by atoms with Gasteiger partial charge in [0.05, 0.1) is 5.75 Å². The Hall–Kier alpha value is -2.22. The molecule has 0 aliphatic carbocycles. The molecule has 3 rings (SSSR count). The van der Waals surface area contributed by atoms with E-state index in [0.717, 1.165) is 22.8 Å². The van der Waals surface area contributed by atoms with Gasteiger partial charge in [-0.05, 0) is 29.8 Å².